The minimum absolute atomic E-state index is 0.202. The number of hydrogen-bond donors (Lipinski definition) is 1. The van der Waals surface area contributed by atoms with Gasteiger partial charge in [0.25, 0.3) is 0 Å². The van der Waals surface area contributed by atoms with E-state index in [9.17, 15) is 9.59 Å². The highest BCUT2D eigenvalue weighted by Gasteiger charge is 2.22. The van der Waals surface area contributed by atoms with Crippen LogP contribution in [0.1, 0.15) is 24.2 Å². The number of hydrogen-bond acceptors (Lipinski definition) is 6. The lowest BCUT2D eigenvalue weighted by atomic mass is 10.2. The van der Waals surface area contributed by atoms with Crippen LogP contribution in [0.5, 0.6) is 5.75 Å². The van der Waals surface area contributed by atoms with E-state index < -0.39 is 18.0 Å². The maximum atomic E-state index is 11.9. The Kier molecular flexibility index (Phi) is 5.17. The number of benzene rings is 1. The summed E-state index contributed by atoms with van der Waals surface area (Å²) in [6, 6.07) is 4.54. The van der Waals surface area contributed by atoms with Gasteiger partial charge in [-0.15, -0.1) is 0 Å². The molecule has 0 aliphatic carbocycles. The Bertz CT molecular complexity index is 472. The van der Waals surface area contributed by atoms with Gasteiger partial charge in [0.15, 0.2) is 6.10 Å². The van der Waals surface area contributed by atoms with Gasteiger partial charge in [-0.3, -0.25) is 0 Å². The first kappa shape index (κ1) is 14.8. The molecule has 0 saturated heterocycles. The maximum Gasteiger partial charge on any atom is 0.347 e. The molecule has 1 aromatic rings. The second-order valence-corrected chi connectivity index (χ2v) is 3.76. The van der Waals surface area contributed by atoms with E-state index in [0.717, 1.165) is 0 Å². The van der Waals surface area contributed by atoms with E-state index in [1.54, 1.807) is 13.0 Å². The van der Waals surface area contributed by atoms with Crippen LogP contribution in [0.2, 0.25) is 0 Å². The van der Waals surface area contributed by atoms with E-state index in [1.165, 1.54) is 26.2 Å². The molecule has 0 radical (unpaired) electrons. The fraction of sp³-hybridized carbons (Fsp3) is 0.385. The van der Waals surface area contributed by atoms with Crippen LogP contribution in [-0.2, 0) is 14.3 Å². The van der Waals surface area contributed by atoms with Crippen molar-refractivity contribution in [1.82, 2.24) is 0 Å². The summed E-state index contributed by atoms with van der Waals surface area (Å²) in [5.41, 5.74) is 6.25. The molecule has 1 unspecified atom stereocenters. The van der Waals surface area contributed by atoms with Crippen LogP contribution >= 0.6 is 0 Å². The average molecular weight is 267 g/mol. The van der Waals surface area contributed by atoms with Crippen LogP contribution in [0.4, 0.5) is 5.69 Å². The number of carbonyl (C=O) groups excluding carboxylic acids is 2. The van der Waals surface area contributed by atoms with Crippen molar-refractivity contribution in [3.8, 4) is 5.75 Å². The van der Waals surface area contributed by atoms with E-state index >= 15 is 0 Å². The Balaban J connectivity index is 2.81. The van der Waals surface area contributed by atoms with E-state index in [0.29, 0.717) is 11.4 Å². The molecule has 104 valence electrons. The second kappa shape index (κ2) is 6.63. The summed E-state index contributed by atoms with van der Waals surface area (Å²) in [6.45, 7) is 3.35. The standard InChI is InChI=1S/C13H17NO5/c1-4-18-12(15)8(2)19-13(16)10-6-5-9(14)7-11(10)17-3/h5-8H,4,14H2,1-3H3. The van der Waals surface area contributed by atoms with Crippen LogP contribution in [0, 0.1) is 0 Å². The molecule has 6 heteroatoms. The third-order valence-electron chi connectivity index (χ3n) is 2.35. The largest absolute Gasteiger partial charge is 0.496 e. The summed E-state index contributed by atoms with van der Waals surface area (Å²) in [4.78, 5) is 23.3. The molecule has 0 bridgehead atoms. The van der Waals surface area contributed by atoms with Gasteiger partial charge in [0.05, 0.1) is 13.7 Å². The summed E-state index contributed by atoms with van der Waals surface area (Å²) >= 11 is 0. The molecular formula is C13H17NO5. The van der Waals surface area contributed by atoms with E-state index in [1.807, 2.05) is 0 Å². The van der Waals surface area contributed by atoms with E-state index in [4.69, 9.17) is 19.9 Å². The minimum Gasteiger partial charge on any atom is -0.496 e. The number of nitrogens with two attached hydrogens (primary N) is 1. The van der Waals surface area contributed by atoms with Gasteiger partial charge in [-0.1, -0.05) is 0 Å². The van der Waals surface area contributed by atoms with E-state index in [-0.39, 0.29) is 12.2 Å². The molecule has 1 atom stereocenters. The summed E-state index contributed by atoms with van der Waals surface area (Å²) in [6.07, 6.45) is -0.977. The number of methoxy groups -OCH3 is 1. The fourth-order valence-corrected chi connectivity index (χ4v) is 1.41. The van der Waals surface area contributed by atoms with Crippen LogP contribution in [0.25, 0.3) is 0 Å². The normalized spacial score (nSPS) is 11.5. The first-order valence-electron chi connectivity index (χ1n) is 5.80. The Morgan fingerprint density at radius 2 is 2.05 bits per heavy atom. The molecule has 1 aromatic carbocycles. The quantitative estimate of drug-likeness (QED) is 0.640. The van der Waals surface area contributed by atoms with Gasteiger partial charge in [0.2, 0.25) is 0 Å². The third kappa shape index (κ3) is 3.87. The molecule has 0 amide bonds. The molecule has 0 aromatic heterocycles. The van der Waals surface area contributed by atoms with Crippen molar-refractivity contribution in [2.75, 3.05) is 19.5 Å². The topological polar surface area (TPSA) is 87.9 Å². The molecule has 0 aliphatic rings. The van der Waals surface area contributed by atoms with Crippen molar-refractivity contribution in [1.29, 1.82) is 0 Å². The molecule has 6 nitrogen and oxygen atoms in total. The molecule has 0 spiro atoms. The minimum atomic E-state index is -0.977. The van der Waals surface area contributed by atoms with Gasteiger partial charge in [0.1, 0.15) is 11.3 Å². The number of anilines is 1. The first-order chi connectivity index (χ1) is 8.99. The molecular weight excluding hydrogens is 250 g/mol. The first-order valence-corrected chi connectivity index (χ1v) is 5.80. The van der Waals surface area contributed by atoms with Crippen molar-refractivity contribution >= 4 is 17.6 Å². The molecule has 2 N–H and O–H groups in total. The van der Waals surface area contributed by atoms with Crippen molar-refractivity contribution < 1.29 is 23.8 Å². The van der Waals surface area contributed by atoms with Crippen molar-refractivity contribution in [3.05, 3.63) is 23.8 Å². The number of esters is 2. The zero-order valence-electron chi connectivity index (χ0n) is 11.1. The Hall–Kier alpha value is -2.24. The van der Waals surface area contributed by atoms with Crippen LogP contribution in [0.3, 0.4) is 0 Å². The van der Waals surface area contributed by atoms with Gasteiger partial charge in [-0.25, -0.2) is 9.59 Å². The zero-order valence-corrected chi connectivity index (χ0v) is 11.1. The lowest BCUT2D eigenvalue weighted by molar-refractivity contribution is -0.152. The molecule has 0 heterocycles. The SMILES string of the molecule is CCOC(=O)C(C)OC(=O)c1ccc(N)cc1OC. The van der Waals surface area contributed by atoms with Crippen molar-refractivity contribution in [2.45, 2.75) is 20.0 Å². The third-order valence-corrected chi connectivity index (χ3v) is 2.35. The highest BCUT2D eigenvalue weighted by atomic mass is 16.6. The molecule has 1 rings (SSSR count). The summed E-state index contributed by atoms with van der Waals surface area (Å²) in [5, 5.41) is 0. The molecule has 0 saturated carbocycles. The number of nitrogen functional groups attached to an aromatic ring is 1. The highest BCUT2D eigenvalue weighted by Crippen LogP contribution is 2.22. The fourth-order valence-electron chi connectivity index (χ4n) is 1.41. The second-order valence-electron chi connectivity index (χ2n) is 3.76. The Morgan fingerprint density at radius 3 is 2.63 bits per heavy atom. The summed E-state index contributed by atoms with van der Waals surface area (Å²) in [5.74, 6) is -0.969. The summed E-state index contributed by atoms with van der Waals surface area (Å²) < 4.78 is 14.8. The predicted molar refractivity (Wildman–Crippen MR) is 68.9 cm³/mol. The lowest BCUT2D eigenvalue weighted by Gasteiger charge is -2.13. The number of ether oxygens (including phenoxy) is 3. The highest BCUT2D eigenvalue weighted by molar-refractivity contribution is 5.94. The van der Waals surface area contributed by atoms with Crippen LogP contribution in [-0.4, -0.2) is 31.8 Å². The van der Waals surface area contributed by atoms with Gasteiger partial charge >= 0.3 is 11.9 Å². The number of rotatable bonds is 5. The predicted octanol–water partition coefficient (Wildman–Crippen LogP) is 1.39. The van der Waals surface area contributed by atoms with Crippen LogP contribution in [0.15, 0.2) is 18.2 Å². The van der Waals surface area contributed by atoms with E-state index in [2.05, 4.69) is 0 Å². The Labute approximate surface area is 111 Å². The monoisotopic (exact) mass is 267 g/mol. The van der Waals surface area contributed by atoms with Gasteiger partial charge < -0.3 is 19.9 Å². The molecule has 0 aliphatic heterocycles. The lowest BCUT2D eigenvalue weighted by Crippen LogP contribution is -2.26. The zero-order chi connectivity index (χ0) is 14.4. The average Bonchev–Trinajstić information content (AvgIpc) is 2.38. The van der Waals surface area contributed by atoms with Crippen molar-refractivity contribution in [3.63, 3.8) is 0 Å². The smallest absolute Gasteiger partial charge is 0.347 e. The van der Waals surface area contributed by atoms with Gasteiger partial charge in [0, 0.05) is 11.8 Å². The molecule has 19 heavy (non-hydrogen) atoms. The maximum absolute atomic E-state index is 11.9. The number of carbonyl (C=O) groups is 2. The Morgan fingerprint density at radius 1 is 1.37 bits per heavy atom. The van der Waals surface area contributed by atoms with Gasteiger partial charge in [-0.05, 0) is 26.0 Å². The summed E-state index contributed by atoms with van der Waals surface area (Å²) in [7, 11) is 1.42. The van der Waals surface area contributed by atoms with Crippen molar-refractivity contribution in [2.24, 2.45) is 0 Å². The van der Waals surface area contributed by atoms with Gasteiger partial charge in [-0.2, -0.15) is 0 Å². The van der Waals surface area contributed by atoms with Crippen LogP contribution < -0.4 is 10.5 Å². The molecule has 0 fully saturated rings.